The quantitative estimate of drug-likeness (QED) is 0.630. The van der Waals surface area contributed by atoms with Crippen molar-refractivity contribution in [1.82, 2.24) is 0 Å². The van der Waals surface area contributed by atoms with Crippen LogP contribution in [0.4, 0.5) is 0 Å². The maximum absolute atomic E-state index is 9.92. The highest BCUT2D eigenvalue weighted by atomic mass is 16.5. The largest absolute Gasteiger partial charge is 0.491 e. The normalized spacial score (nSPS) is 12.1. The number of hydrogen-bond acceptors (Lipinski definition) is 2. The zero-order valence-corrected chi connectivity index (χ0v) is 10.7. The lowest BCUT2D eigenvalue weighted by Crippen LogP contribution is -3.12. The minimum absolute atomic E-state index is 0.307. The van der Waals surface area contributed by atoms with Gasteiger partial charge in [0, 0.05) is 0 Å². The van der Waals surface area contributed by atoms with Crippen LogP contribution in [0.2, 0.25) is 0 Å². The van der Waals surface area contributed by atoms with Crippen LogP contribution in [0, 0.1) is 0 Å². The standard InChI is InChI=1S/C15H21NO2/c1-3-10-16(11-4-2)12-14(17)13-18-15-8-6-5-7-9-15/h3-9,14,17H,1-2,10-13H2/p+1/t14-/m1/s1. The Labute approximate surface area is 109 Å². The summed E-state index contributed by atoms with van der Waals surface area (Å²) < 4.78 is 5.51. The third kappa shape index (κ3) is 5.66. The monoisotopic (exact) mass is 248 g/mol. The molecular formula is C15H22NO2+. The molecule has 2 N–H and O–H groups in total. The first-order valence-electron chi connectivity index (χ1n) is 6.17. The molecule has 1 atom stereocenters. The van der Waals surface area contributed by atoms with Crippen LogP contribution < -0.4 is 9.64 Å². The number of ether oxygens (including phenoxy) is 1. The molecule has 0 saturated carbocycles. The van der Waals surface area contributed by atoms with Crippen molar-refractivity contribution in [3.63, 3.8) is 0 Å². The van der Waals surface area contributed by atoms with Gasteiger partial charge >= 0.3 is 0 Å². The fraction of sp³-hybridized carbons (Fsp3) is 0.333. The molecule has 3 nitrogen and oxygen atoms in total. The highest BCUT2D eigenvalue weighted by molar-refractivity contribution is 5.20. The first-order chi connectivity index (χ1) is 8.76. The van der Waals surface area contributed by atoms with Crippen molar-refractivity contribution in [3.8, 4) is 5.75 Å². The lowest BCUT2D eigenvalue weighted by Gasteiger charge is -2.19. The summed E-state index contributed by atoms with van der Waals surface area (Å²) in [5.74, 6) is 0.783. The van der Waals surface area contributed by atoms with Crippen molar-refractivity contribution >= 4 is 0 Å². The number of aliphatic hydroxyl groups excluding tert-OH is 1. The Bertz CT molecular complexity index is 341. The van der Waals surface area contributed by atoms with E-state index in [0.717, 1.165) is 18.8 Å². The molecule has 98 valence electrons. The lowest BCUT2D eigenvalue weighted by molar-refractivity contribution is -0.891. The summed E-state index contributed by atoms with van der Waals surface area (Å²) in [5, 5.41) is 9.92. The third-order valence-electron chi connectivity index (χ3n) is 2.58. The SMILES string of the molecule is C=CC[NH+](CC=C)C[C@@H](O)COc1ccccc1. The Morgan fingerprint density at radius 2 is 1.78 bits per heavy atom. The van der Waals surface area contributed by atoms with Crippen LogP contribution in [0.25, 0.3) is 0 Å². The number of nitrogens with one attached hydrogen (secondary N) is 1. The smallest absolute Gasteiger partial charge is 0.137 e. The Morgan fingerprint density at radius 1 is 1.17 bits per heavy atom. The van der Waals surface area contributed by atoms with Gasteiger partial charge in [-0.1, -0.05) is 31.4 Å². The van der Waals surface area contributed by atoms with E-state index in [4.69, 9.17) is 4.74 Å². The zero-order chi connectivity index (χ0) is 13.2. The lowest BCUT2D eigenvalue weighted by atomic mass is 10.3. The van der Waals surface area contributed by atoms with Gasteiger partial charge in [-0.25, -0.2) is 0 Å². The van der Waals surface area contributed by atoms with Crippen LogP contribution in [0.5, 0.6) is 5.75 Å². The number of benzene rings is 1. The van der Waals surface area contributed by atoms with E-state index in [0.29, 0.717) is 13.2 Å². The predicted octanol–water partition coefficient (Wildman–Crippen LogP) is 0.683. The fourth-order valence-electron chi connectivity index (χ4n) is 1.76. The van der Waals surface area contributed by atoms with Gasteiger partial charge in [-0.3, -0.25) is 0 Å². The van der Waals surface area contributed by atoms with E-state index in [1.165, 1.54) is 4.90 Å². The molecular weight excluding hydrogens is 226 g/mol. The summed E-state index contributed by atoms with van der Waals surface area (Å²) >= 11 is 0. The summed E-state index contributed by atoms with van der Waals surface area (Å²) in [5.41, 5.74) is 0. The minimum Gasteiger partial charge on any atom is -0.491 e. The molecule has 0 unspecified atom stereocenters. The maximum atomic E-state index is 9.92. The molecule has 1 aromatic carbocycles. The van der Waals surface area contributed by atoms with E-state index >= 15 is 0 Å². The third-order valence-corrected chi connectivity index (χ3v) is 2.58. The Morgan fingerprint density at radius 3 is 2.33 bits per heavy atom. The van der Waals surface area contributed by atoms with Crippen molar-refractivity contribution in [1.29, 1.82) is 0 Å². The van der Waals surface area contributed by atoms with Gasteiger partial charge in [-0.2, -0.15) is 0 Å². The van der Waals surface area contributed by atoms with E-state index in [-0.39, 0.29) is 0 Å². The van der Waals surface area contributed by atoms with Crippen LogP contribution in [0.15, 0.2) is 55.6 Å². The van der Waals surface area contributed by atoms with Crippen LogP contribution in [-0.2, 0) is 0 Å². The molecule has 0 aliphatic heterocycles. The summed E-state index contributed by atoms with van der Waals surface area (Å²) in [6.07, 6.45) is 3.22. The molecule has 0 heterocycles. The van der Waals surface area contributed by atoms with Gasteiger partial charge in [0.15, 0.2) is 0 Å². The first-order valence-corrected chi connectivity index (χ1v) is 6.17. The van der Waals surface area contributed by atoms with Gasteiger partial charge < -0.3 is 14.7 Å². The second-order valence-corrected chi connectivity index (χ2v) is 4.22. The number of para-hydroxylation sites is 1. The van der Waals surface area contributed by atoms with E-state index in [2.05, 4.69) is 13.2 Å². The van der Waals surface area contributed by atoms with Gasteiger partial charge in [0.1, 0.15) is 25.0 Å². The van der Waals surface area contributed by atoms with Crippen molar-refractivity contribution in [2.75, 3.05) is 26.2 Å². The summed E-state index contributed by atoms with van der Waals surface area (Å²) in [4.78, 5) is 1.23. The summed E-state index contributed by atoms with van der Waals surface area (Å²) in [6.45, 7) is 10.00. The predicted molar refractivity (Wildman–Crippen MR) is 73.9 cm³/mol. The average Bonchev–Trinajstić information content (AvgIpc) is 2.38. The molecule has 0 aliphatic carbocycles. The molecule has 0 spiro atoms. The minimum atomic E-state index is -0.486. The van der Waals surface area contributed by atoms with Gasteiger partial charge in [-0.05, 0) is 24.3 Å². The molecule has 0 amide bonds. The molecule has 0 fully saturated rings. The second-order valence-electron chi connectivity index (χ2n) is 4.22. The fourth-order valence-corrected chi connectivity index (χ4v) is 1.76. The average molecular weight is 248 g/mol. The van der Waals surface area contributed by atoms with E-state index in [1.807, 2.05) is 42.5 Å². The Balaban J connectivity index is 2.33. The van der Waals surface area contributed by atoms with Crippen LogP contribution in [-0.4, -0.2) is 37.5 Å². The number of aliphatic hydroxyl groups is 1. The summed E-state index contributed by atoms with van der Waals surface area (Å²) in [7, 11) is 0. The first kappa shape index (κ1) is 14.5. The van der Waals surface area contributed by atoms with E-state index in [1.54, 1.807) is 0 Å². The molecule has 0 saturated heterocycles. The van der Waals surface area contributed by atoms with Gasteiger partial charge in [0.05, 0.1) is 13.1 Å². The van der Waals surface area contributed by atoms with Gasteiger partial charge in [0.2, 0.25) is 0 Å². The Hall–Kier alpha value is -1.58. The molecule has 1 aromatic rings. The van der Waals surface area contributed by atoms with Crippen molar-refractivity contribution in [2.24, 2.45) is 0 Å². The topological polar surface area (TPSA) is 33.9 Å². The van der Waals surface area contributed by atoms with Crippen molar-refractivity contribution in [2.45, 2.75) is 6.10 Å². The summed E-state index contributed by atoms with van der Waals surface area (Å²) in [6, 6.07) is 9.52. The number of hydrogen-bond donors (Lipinski definition) is 2. The highest BCUT2D eigenvalue weighted by Gasteiger charge is 2.13. The van der Waals surface area contributed by atoms with Crippen LogP contribution >= 0.6 is 0 Å². The van der Waals surface area contributed by atoms with Gasteiger partial charge in [0.25, 0.3) is 0 Å². The van der Waals surface area contributed by atoms with Crippen LogP contribution in [0.3, 0.4) is 0 Å². The molecule has 0 aromatic heterocycles. The molecule has 3 heteroatoms. The van der Waals surface area contributed by atoms with Crippen molar-refractivity contribution in [3.05, 3.63) is 55.6 Å². The van der Waals surface area contributed by atoms with Crippen LogP contribution in [0.1, 0.15) is 0 Å². The van der Waals surface area contributed by atoms with E-state index < -0.39 is 6.10 Å². The number of rotatable bonds is 9. The number of quaternary nitrogens is 1. The van der Waals surface area contributed by atoms with Crippen molar-refractivity contribution < 1.29 is 14.7 Å². The molecule has 0 bridgehead atoms. The highest BCUT2D eigenvalue weighted by Crippen LogP contribution is 2.08. The molecule has 0 aliphatic rings. The Kier molecular flexibility index (Phi) is 6.84. The zero-order valence-electron chi connectivity index (χ0n) is 10.7. The molecule has 0 radical (unpaired) electrons. The maximum Gasteiger partial charge on any atom is 0.137 e. The molecule has 1 rings (SSSR count). The van der Waals surface area contributed by atoms with Gasteiger partial charge in [-0.15, -0.1) is 0 Å². The second kappa shape index (κ2) is 8.50. The molecule has 18 heavy (non-hydrogen) atoms. The van der Waals surface area contributed by atoms with E-state index in [9.17, 15) is 5.11 Å².